The third kappa shape index (κ3) is 2.51. The molecule has 4 atom stereocenters. The normalized spacial score (nSPS) is 41.3. The van der Waals surface area contributed by atoms with Crippen molar-refractivity contribution in [3.8, 4) is 0 Å². The molecular weight excluding hydrogens is 246 g/mol. The number of hydrogen-bond donors (Lipinski definition) is 8. The van der Waals surface area contributed by atoms with Crippen LogP contribution >= 0.6 is 0 Å². The third-order valence-electron chi connectivity index (χ3n) is 3.48. The van der Waals surface area contributed by atoms with Crippen molar-refractivity contribution in [2.75, 3.05) is 19.8 Å². The molecule has 0 aromatic rings. The van der Waals surface area contributed by atoms with E-state index in [1.165, 1.54) is 0 Å². The van der Waals surface area contributed by atoms with Gasteiger partial charge in [-0.2, -0.15) is 0 Å². The monoisotopic (exact) mass is 267 g/mol. The molecule has 0 amide bonds. The number of rotatable bonds is 5. The van der Waals surface area contributed by atoms with E-state index in [0.29, 0.717) is 0 Å². The van der Waals surface area contributed by atoms with E-state index in [2.05, 4.69) is 5.32 Å². The van der Waals surface area contributed by atoms with Crippen molar-refractivity contribution in [3.63, 3.8) is 0 Å². The molecule has 4 unspecified atom stereocenters. The summed E-state index contributed by atoms with van der Waals surface area (Å²) < 4.78 is 0. The Labute approximate surface area is 104 Å². The number of aliphatic hydroxyl groups excluding tert-OH is 5. The second kappa shape index (κ2) is 5.76. The number of nitrogens with one attached hydrogen (secondary N) is 1. The van der Waals surface area contributed by atoms with Gasteiger partial charge in [-0.05, 0) is 12.8 Å². The fourth-order valence-electron chi connectivity index (χ4n) is 2.17. The zero-order valence-electron chi connectivity index (χ0n) is 9.90. The van der Waals surface area contributed by atoms with Crippen molar-refractivity contribution in [1.29, 1.82) is 0 Å². The fraction of sp³-hybridized carbons (Fsp3) is 1.00. The van der Waals surface area contributed by atoms with E-state index in [-0.39, 0.29) is 12.8 Å². The second-order valence-electron chi connectivity index (χ2n) is 4.71. The lowest BCUT2D eigenvalue weighted by Crippen LogP contribution is -2.77. The highest BCUT2D eigenvalue weighted by atomic mass is 16.4. The lowest BCUT2D eigenvalue weighted by molar-refractivity contribution is -0.277. The highest BCUT2D eigenvalue weighted by Gasteiger charge is 2.59. The van der Waals surface area contributed by atoms with E-state index in [4.69, 9.17) is 10.2 Å². The van der Waals surface area contributed by atoms with Crippen LogP contribution < -0.4 is 5.32 Å². The average Bonchev–Trinajstić information content (AvgIpc) is 2.38. The molecule has 0 saturated heterocycles. The Morgan fingerprint density at radius 3 is 2.11 bits per heavy atom. The molecule has 8 heteroatoms. The lowest BCUT2D eigenvalue weighted by Gasteiger charge is -2.51. The van der Waals surface area contributed by atoms with Crippen molar-refractivity contribution in [2.24, 2.45) is 0 Å². The van der Waals surface area contributed by atoms with Crippen LogP contribution in [0.5, 0.6) is 0 Å². The largest absolute Gasteiger partial charge is 0.395 e. The highest BCUT2D eigenvalue weighted by Crippen LogP contribution is 2.36. The molecule has 0 aromatic heterocycles. The maximum absolute atomic E-state index is 10.3. The predicted octanol–water partition coefficient (Wildman–Crippen LogP) is -4.14. The van der Waals surface area contributed by atoms with Crippen LogP contribution in [0.15, 0.2) is 0 Å². The summed E-state index contributed by atoms with van der Waals surface area (Å²) in [6, 6.07) is -1.01. The molecule has 0 aromatic carbocycles. The Morgan fingerprint density at radius 2 is 1.67 bits per heavy atom. The third-order valence-corrected chi connectivity index (χ3v) is 3.48. The van der Waals surface area contributed by atoms with E-state index in [1.807, 2.05) is 0 Å². The van der Waals surface area contributed by atoms with Gasteiger partial charge in [-0.25, -0.2) is 0 Å². The minimum Gasteiger partial charge on any atom is -0.395 e. The van der Waals surface area contributed by atoms with Gasteiger partial charge in [0.1, 0.15) is 11.7 Å². The molecule has 1 rings (SSSR count). The van der Waals surface area contributed by atoms with Crippen molar-refractivity contribution >= 4 is 0 Å². The minimum absolute atomic E-state index is 0.00509. The summed E-state index contributed by atoms with van der Waals surface area (Å²) in [6.07, 6.45) is -3.18. The SMILES string of the molecule is OCC(CO)NC1(O)C(O)C(O)CCC1(O)CO. The molecule has 8 nitrogen and oxygen atoms in total. The van der Waals surface area contributed by atoms with Gasteiger partial charge < -0.3 is 35.7 Å². The molecule has 0 spiro atoms. The summed E-state index contributed by atoms with van der Waals surface area (Å²) in [6.45, 7) is -1.95. The first-order valence-electron chi connectivity index (χ1n) is 5.75. The van der Waals surface area contributed by atoms with Crippen LogP contribution in [-0.2, 0) is 0 Å². The maximum Gasteiger partial charge on any atom is 0.176 e. The van der Waals surface area contributed by atoms with Crippen molar-refractivity contribution < 1.29 is 35.7 Å². The van der Waals surface area contributed by atoms with Gasteiger partial charge >= 0.3 is 0 Å². The Morgan fingerprint density at radius 1 is 1.11 bits per heavy atom. The summed E-state index contributed by atoms with van der Waals surface area (Å²) in [5.74, 6) is 0. The molecule has 0 heterocycles. The van der Waals surface area contributed by atoms with Gasteiger partial charge in [-0.15, -0.1) is 0 Å². The summed E-state index contributed by atoms with van der Waals surface area (Å²) >= 11 is 0. The van der Waals surface area contributed by atoms with Gasteiger partial charge in [0.05, 0.1) is 32.0 Å². The maximum atomic E-state index is 10.3. The van der Waals surface area contributed by atoms with Crippen molar-refractivity contribution in [1.82, 2.24) is 5.32 Å². The molecule has 8 N–H and O–H groups in total. The fourth-order valence-corrected chi connectivity index (χ4v) is 2.17. The molecule has 18 heavy (non-hydrogen) atoms. The highest BCUT2D eigenvalue weighted by molar-refractivity contribution is 5.09. The van der Waals surface area contributed by atoms with Crippen molar-refractivity contribution in [3.05, 3.63) is 0 Å². The topological polar surface area (TPSA) is 154 Å². The predicted molar refractivity (Wildman–Crippen MR) is 59.3 cm³/mol. The van der Waals surface area contributed by atoms with Crippen LogP contribution in [0.3, 0.4) is 0 Å². The quantitative estimate of drug-likeness (QED) is 0.234. The first-order chi connectivity index (χ1) is 8.34. The first kappa shape index (κ1) is 15.7. The zero-order valence-corrected chi connectivity index (χ0v) is 9.90. The Kier molecular flexibility index (Phi) is 5.04. The van der Waals surface area contributed by atoms with Crippen molar-refractivity contribution in [2.45, 2.75) is 42.4 Å². The number of hydrogen-bond acceptors (Lipinski definition) is 8. The van der Waals surface area contributed by atoms with Gasteiger partial charge in [0.15, 0.2) is 5.72 Å². The van der Waals surface area contributed by atoms with Crippen LogP contribution in [0.2, 0.25) is 0 Å². The molecule has 0 aliphatic heterocycles. The van der Waals surface area contributed by atoms with E-state index in [1.54, 1.807) is 0 Å². The van der Waals surface area contributed by atoms with Crippen LogP contribution in [0.1, 0.15) is 12.8 Å². The van der Waals surface area contributed by atoms with E-state index >= 15 is 0 Å². The Bertz CT molecular complexity index is 275. The van der Waals surface area contributed by atoms with Crippen LogP contribution in [0.25, 0.3) is 0 Å². The van der Waals surface area contributed by atoms with Gasteiger partial charge in [-0.3, -0.25) is 5.32 Å². The van der Waals surface area contributed by atoms with E-state index in [9.17, 15) is 25.5 Å². The lowest BCUT2D eigenvalue weighted by atomic mass is 9.74. The Hall–Kier alpha value is -0.320. The number of aliphatic hydroxyl groups is 7. The average molecular weight is 267 g/mol. The standard InChI is InChI=1S/C10H21NO7/c12-3-6(4-13)11-10(18)8(16)7(15)1-2-9(10,17)5-14/h6-8,11-18H,1-5H2. The van der Waals surface area contributed by atoms with Crippen LogP contribution in [0, 0.1) is 0 Å². The summed E-state index contributed by atoms with van der Waals surface area (Å²) in [4.78, 5) is 0. The molecule has 1 fully saturated rings. The second-order valence-corrected chi connectivity index (χ2v) is 4.71. The summed E-state index contributed by atoms with van der Waals surface area (Å²) in [5.41, 5.74) is -4.50. The van der Waals surface area contributed by atoms with E-state index in [0.717, 1.165) is 0 Å². The molecule has 1 aliphatic rings. The minimum atomic E-state index is -2.42. The van der Waals surface area contributed by atoms with Gasteiger partial charge in [0, 0.05) is 0 Å². The molecule has 1 aliphatic carbocycles. The van der Waals surface area contributed by atoms with Gasteiger partial charge in [0.2, 0.25) is 0 Å². The first-order valence-corrected chi connectivity index (χ1v) is 5.75. The molecule has 108 valence electrons. The van der Waals surface area contributed by atoms with Gasteiger partial charge in [-0.1, -0.05) is 0 Å². The molecule has 1 saturated carbocycles. The molecule has 0 bridgehead atoms. The van der Waals surface area contributed by atoms with Crippen LogP contribution in [-0.4, -0.2) is 85.1 Å². The smallest absolute Gasteiger partial charge is 0.176 e. The summed E-state index contributed by atoms with van der Waals surface area (Å²) in [5, 5.41) is 69.1. The Balaban J connectivity index is 3.01. The summed E-state index contributed by atoms with van der Waals surface area (Å²) in [7, 11) is 0. The molecule has 0 radical (unpaired) electrons. The molecular formula is C10H21NO7. The zero-order chi connectivity index (χ0) is 14.0. The van der Waals surface area contributed by atoms with E-state index < -0.39 is 49.4 Å². The van der Waals surface area contributed by atoms with Gasteiger partial charge in [0.25, 0.3) is 0 Å². The van der Waals surface area contributed by atoms with Crippen LogP contribution in [0.4, 0.5) is 0 Å².